The van der Waals surface area contributed by atoms with Gasteiger partial charge in [-0.25, -0.2) is 4.98 Å². The minimum atomic E-state index is 0.654. The highest BCUT2D eigenvalue weighted by atomic mass is 79.9. The Kier molecular flexibility index (Phi) is 5.91. The molecule has 2 aromatic rings. The van der Waals surface area contributed by atoms with Gasteiger partial charge in [-0.05, 0) is 60.2 Å². The van der Waals surface area contributed by atoms with Crippen LogP contribution in [0.25, 0.3) is 5.65 Å². The van der Waals surface area contributed by atoms with Crippen LogP contribution in [0.1, 0.15) is 37.8 Å². The van der Waals surface area contributed by atoms with Gasteiger partial charge in [0.25, 0.3) is 0 Å². The number of pyridine rings is 1. The van der Waals surface area contributed by atoms with E-state index in [1.165, 1.54) is 25.7 Å². The van der Waals surface area contributed by atoms with Gasteiger partial charge in [0.1, 0.15) is 5.65 Å². The van der Waals surface area contributed by atoms with Crippen molar-refractivity contribution in [3.8, 4) is 0 Å². The molecule has 3 rings (SSSR count). The quantitative estimate of drug-likeness (QED) is 0.466. The summed E-state index contributed by atoms with van der Waals surface area (Å²) in [5.74, 6) is 0.824. The van der Waals surface area contributed by atoms with Crippen molar-refractivity contribution in [3.05, 3.63) is 46.3 Å². The topological polar surface area (TPSA) is 53.7 Å². The molecule has 24 heavy (non-hydrogen) atoms. The second-order valence-corrected chi connectivity index (χ2v) is 6.97. The maximum Gasteiger partial charge on any atom is 0.191 e. The molecule has 2 N–H and O–H groups in total. The summed E-state index contributed by atoms with van der Waals surface area (Å²) in [6.45, 7) is 1.57. The first kappa shape index (κ1) is 17.0. The van der Waals surface area contributed by atoms with E-state index in [1.54, 1.807) is 12.6 Å². The smallest absolute Gasteiger partial charge is 0.191 e. The lowest BCUT2D eigenvalue weighted by Gasteiger charge is -2.14. The summed E-state index contributed by atoms with van der Waals surface area (Å²) in [6.07, 6.45) is 12.7. The minimum Gasteiger partial charge on any atom is -0.356 e. The summed E-state index contributed by atoms with van der Waals surface area (Å²) in [4.78, 5) is 8.89. The number of halogens is 1. The Labute approximate surface area is 151 Å². The van der Waals surface area contributed by atoms with Crippen LogP contribution in [0.3, 0.4) is 0 Å². The van der Waals surface area contributed by atoms with Crippen LogP contribution in [0.2, 0.25) is 0 Å². The molecule has 0 saturated carbocycles. The van der Waals surface area contributed by atoms with Crippen molar-refractivity contribution < 1.29 is 0 Å². The molecule has 0 fully saturated rings. The average molecular weight is 390 g/mol. The largest absolute Gasteiger partial charge is 0.356 e. The molecule has 128 valence electrons. The molecular weight excluding hydrogens is 366 g/mol. The number of aliphatic imine (C=N–C) groups is 1. The number of fused-ring (bicyclic) bond motifs is 1. The fraction of sp³-hybridized carbons (Fsp3) is 0.444. The average Bonchev–Trinajstić information content (AvgIpc) is 3.00. The number of nitrogens with one attached hydrogen (secondary N) is 2. The van der Waals surface area contributed by atoms with Crippen molar-refractivity contribution in [2.45, 2.75) is 38.6 Å². The summed E-state index contributed by atoms with van der Waals surface area (Å²) < 4.78 is 3.06. The first-order chi connectivity index (χ1) is 11.7. The first-order valence-corrected chi connectivity index (χ1v) is 9.29. The first-order valence-electron chi connectivity index (χ1n) is 8.50. The Morgan fingerprint density at radius 2 is 2.21 bits per heavy atom. The number of hydrogen-bond acceptors (Lipinski definition) is 2. The van der Waals surface area contributed by atoms with Crippen molar-refractivity contribution >= 4 is 27.5 Å². The Bertz CT molecular complexity index is 747. The lowest BCUT2D eigenvalue weighted by molar-refractivity contribution is 0.665. The van der Waals surface area contributed by atoms with Gasteiger partial charge in [-0.15, -0.1) is 0 Å². The number of imidazole rings is 1. The summed E-state index contributed by atoms with van der Waals surface area (Å²) >= 11 is 3.48. The fourth-order valence-corrected chi connectivity index (χ4v) is 3.32. The van der Waals surface area contributed by atoms with Gasteiger partial charge in [-0.2, -0.15) is 0 Å². The van der Waals surface area contributed by atoms with Gasteiger partial charge < -0.3 is 15.0 Å². The number of nitrogens with zero attached hydrogens (tertiary/aromatic N) is 3. The monoisotopic (exact) mass is 389 g/mol. The summed E-state index contributed by atoms with van der Waals surface area (Å²) in [5, 5.41) is 6.72. The maximum atomic E-state index is 4.60. The van der Waals surface area contributed by atoms with Gasteiger partial charge in [-0.1, -0.05) is 11.6 Å². The molecule has 0 atom stereocenters. The highest BCUT2D eigenvalue weighted by Gasteiger charge is 2.05. The van der Waals surface area contributed by atoms with Crippen LogP contribution in [0, 0.1) is 0 Å². The molecule has 0 unspecified atom stereocenters. The van der Waals surface area contributed by atoms with E-state index in [2.05, 4.69) is 42.6 Å². The number of hydrogen-bond donors (Lipinski definition) is 2. The second kappa shape index (κ2) is 8.33. The molecule has 6 heteroatoms. The van der Waals surface area contributed by atoms with E-state index in [1.807, 2.05) is 28.9 Å². The Balaban J connectivity index is 1.48. The third kappa shape index (κ3) is 4.60. The van der Waals surface area contributed by atoms with Gasteiger partial charge in [0.05, 0.1) is 12.2 Å². The zero-order valence-electron chi connectivity index (χ0n) is 14.1. The van der Waals surface area contributed by atoms with Crippen LogP contribution in [0.15, 0.2) is 45.6 Å². The molecule has 0 radical (unpaired) electrons. The minimum absolute atomic E-state index is 0.654. The number of aromatic nitrogens is 2. The molecule has 1 aliphatic carbocycles. The molecule has 1 aliphatic rings. The summed E-state index contributed by atoms with van der Waals surface area (Å²) in [5.41, 5.74) is 3.52. The third-order valence-corrected chi connectivity index (χ3v) is 4.72. The molecule has 0 saturated heterocycles. The molecule has 0 spiro atoms. The van der Waals surface area contributed by atoms with Crippen LogP contribution < -0.4 is 10.6 Å². The normalized spacial score (nSPS) is 15.4. The Hall–Kier alpha value is -1.82. The van der Waals surface area contributed by atoms with Crippen molar-refractivity contribution in [2.75, 3.05) is 13.6 Å². The number of guanidine groups is 1. The molecule has 0 amide bonds. The molecule has 2 heterocycles. The van der Waals surface area contributed by atoms with E-state index in [0.717, 1.165) is 34.7 Å². The molecule has 0 aliphatic heterocycles. The van der Waals surface area contributed by atoms with E-state index in [4.69, 9.17) is 0 Å². The van der Waals surface area contributed by atoms with Gasteiger partial charge >= 0.3 is 0 Å². The van der Waals surface area contributed by atoms with Crippen molar-refractivity contribution in [3.63, 3.8) is 0 Å². The molecule has 5 nitrogen and oxygen atoms in total. The molecular formula is C18H24BrN5. The van der Waals surface area contributed by atoms with Crippen LogP contribution in [-0.4, -0.2) is 28.9 Å². The summed E-state index contributed by atoms with van der Waals surface area (Å²) in [6, 6.07) is 4.00. The van der Waals surface area contributed by atoms with Gasteiger partial charge in [-0.3, -0.25) is 4.99 Å². The van der Waals surface area contributed by atoms with E-state index < -0.39 is 0 Å². The summed E-state index contributed by atoms with van der Waals surface area (Å²) in [7, 11) is 1.80. The Morgan fingerprint density at radius 3 is 3.00 bits per heavy atom. The molecule has 2 aromatic heterocycles. The highest BCUT2D eigenvalue weighted by Crippen LogP contribution is 2.19. The third-order valence-electron chi connectivity index (χ3n) is 4.25. The van der Waals surface area contributed by atoms with E-state index in [9.17, 15) is 0 Å². The predicted molar refractivity (Wildman–Crippen MR) is 102 cm³/mol. The SMILES string of the molecule is CN=C(NCCC1=CCCCC1)NCc1cn2cc(Br)ccc2n1. The Morgan fingerprint density at radius 1 is 1.29 bits per heavy atom. The molecule has 0 aromatic carbocycles. The van der Waals surface area contributed by atoms with Crippen molar-refractivity contribution in [1.29, 1.82) is 0 Å². The standard InChI is InChI=1S/C18H24BrN5/c1-20-18(21-10-9-14-5-3-2-4-6-14)22-11-16-13-24-12-15(19)7-8-17(24)23-16/h5,7-8,12-13H,2-4,6,9-11H2,1H3,(H2,20,21,22). The zero-order chi connectivity index (χ0) is 16.8. The van der Waals surface area contributed by atoms with Crippen molar-refractivity contribution in [2.24, 2.45) is 4.99 Å². The van der Waals surface area contributed by atoms with Crippen LogP contribution in [0.4, 0.5) is 0 Å². The van der Waals surface area contributed by atoms with E-state index in [0.29, 0.717) is 6.54 Å². The zero-order valence-corrected chi connectivity index (χ0v) is 15.6. The van der Waals surface area contributed by atoms with Crippen LogP contribution >= 0.6 is 15.9 Å². The van der Waals surface area contributed by atoms with Crippen LogP contribution in [0.5, 0.6) is 0 Å². The van der Waals surface area contributed by atoms with E-state index >= 15 is 0 Å². The van der Waals surface area contributed by atoms with Crippen molar-refractivity contribution in [1.82, 2.24) is 20.0 Å². The highest BCUT2D eigenvalue weighted by molar-refractivity contribution is 9.10. The molecule has 0 bridgehead atoms. The predicted octanol–water partition coefficient (Wildman–Crippen LogP) is 3.65. The number of allylic oxidation sites excluding steroid dienone is 1. The lowest BCUT2D eigenvalue weighted by atomic mass is 9.97. The van der Waals surface area contributed by atoms with Gasteiger partial charge in [0.2, 0.25) is 0 Å². The maximum absolute atomic E-state index is 4.60. The van der Waals surface area contributed by atoms with Crippen LogP contribution in [-0.2, 0) is 6.54 Å². The van der Waals surface area contributed by atoms with Gasteiger partial charge in [0.15, 0.2) is 5.96 Å². The number of rotatable bonds is 5. The second-order valence-electron chi connectivity index (χ2n) is 6.06. The fourth-order valence-electron chi connectivity index (χ4n) is 2.97. The van der Waals surface area contributed by atoms with E-state index in [-0.39, 0.29) is 0 Å². The van der Waals surface area contributed by atoms with Gasteiger partial charge in [0, 0.05) is 30.5 Å². The lowest BCUT2D eigenvalue weighted by Crippen LogP contribution is -2.37.